The minimum Gasteiger partial charge on any atom is -0.389 e. The molecule has 0 atom stereocenters. The molecule has 1 aliphatic heterocycles. The summed E-state index contributed by atoms with van der Waals surface area (Å²) in [6.07, 6.45) is 0. The van der Waals surface area contributed by atoms with Crippen LogP contribution in [0, 0.1) is 0 Å². The average molecular weight is 160 g/mol. The number of rotatable bonds is 1. The molecule has 2 N–H and O–H groups in total. The van der Waals surface area contributed by atoms with Gasteiger partial charge in [-0.1, -0.05) is 12.2 Å². The summed E-state index contributed by atoms with van der Waals surface area (Å²) in [5.41, 5.74) is 0. The van der Waals surface area contributed by atoms with E-state index in [2.05, 4.69) is 5.32 Å². The molecular weight excluding hydrogens is 148 g/mol. The standard InChI is InChI=1S/C6H12N2OS/c9-5-6(10)8-3-1-7-2-4-8/h7,9H,1-5H2. The molecule has 4 heteroatoms. The summed E-state index contributed by atoms with van der Waals surface area (Å²) in [6, 6.07) is 0. The van der Waals surface area contributed by atoms with Crippen molar-refractivity contribution < 1.29 is 5.11 Å². The van der Waals surface area contributed by atoms with Crippen LogP contribution in [0.3, 0.4) is 0 Å². The average Bonchev–Trinajstić information content (AvgIpc) is 2.05. The van der Waals surface area contributed by atoms with E-state index in [1.54, 1.807) is 0 Å². The topological polar surface area (TPSA) is 35.5 Å². The van der Waals surface area contributed by atoms with Gasteiger partial charge in [0, 0.05) is 26.2 Å². The molecule has 0 spiro atoms. The highest BCUT2D eigenvalue weighted by Crippen LogP contribution is 1.93. The third kappa shape index (κ3) is 1.90. The van der Waals surface area contributed by atoms with Crippen molar-refractivity contribution in [1.82, 2.24) is 10.2 Å². The molecular formula is C6H12N2OS. The first kappa shape index (κ1) is 7.91. The van der Waals surface area contributed by atoms with Gasteiger partial charge in [0.05, 0.1) is 6.61 Å². The Morgan fingerprint density at radius 1 is 1.50 bits per heavy atom. The second kappa shape index (κ2) is 3.85. The van der Waals surface area contributed by atoms with Crippen LogP contribution < -0.4 is 5.32 Å². The molecule has 0 saturated carbocycles. The Balaban J connectivity index is 2.31. The molecule has 1 heterocycles. The van der Waals surface area contributed by atoms with Crippen molar-refractivity contribution in [2.75, 3.05) is 32.8 Å². The van der Waals surface area contributed by atoms with Gasteiger partial charge in [-0.25, -0.2) is 0 Å². The van der Waals surface area contributed by atoms with Crippen LogP contribution in [-0.4, -0.2) is 47.8 Å². The fraction of sp³-hybridized carbons (Fsp3) is 0.833. The first-order valence-corrected chi connectivity index (χ1v) is 3.85. The molecule has 0 aliphatic carbocycles. The van der Waals surface area contributed by atoms with Gasteiger partial charge in [-0.3, -0.25) is 0 Å². The van der Waals surface area contributed by atoms with Gasteiger partial charge in [-0.05, 0) is 0 Å². The molecule has 0 aromatic carbocycles. The molecule has 0 aromatic heterocycles. The highest BCUT2D eigenvalue weighted by atomic mass is 32.1. The predicted molar refractivity (Wildman–Crippen MR) is 44.1 cm³/mol. The first-order chi connectivity index (χ1) is 4.84. The van der Waals surface area contributed by atoms with Gasteiger partial charge in [-0.15, -0.1) is 0 Å². The van der Waals surface area contributed by atoms with Crippen molar-refractivity contribution in [1.29, 1.82) is 0 Å². The maximum absolute atomic E-state index is 8.68. The van der Waals surface area contributed by atoms with E-state index >= 15 is 0 Å². The van der Waals surface area contributed by atoms with Crippen molar-refractivity contribution in [2.45, 2.75) is 0 Å². The van der Waals surface area contributed by atoms with Crippen LogP contribution in [0.25, 0.3) is 0 Å². The Bertz CT molecular complexity index is 123. The number of hydrogen-bond acceptors (Lipinski definition) is 3. The van der Waals surface area contributed by atoms with E-state index < -0.39 is 0 Å². The second-order valence-electron chi connectivity index (χ2n) is 2.29. The third-order valence-electron chi connectivity index (χ3n) is 1.60. The molecule has 58 valence electrons. The Morgan fingerprint density at radius 2 is 2.10 bits per heavy atom. The van der Waals surface area contributed by atoms with Crippen LogP contribution in [-0.2, 0) is 0 Å². The molecule has 1 aliphatic rings. The Kier molecular flexibility index (Phi) is 3.05. The first-order valence-electron chi connectivity index (χ1n) is 3.44. The van der Waals surface area contributed by atoms with Crippen LogP contribution in [0.1, 0.15) is 0 Å². The number of nitrogens with zero attached hydrogens (tertiary/aromatic N) is 1. The summed E-state index contributed by atoms with van der Waals surface area (Å²) < 4.78 is 0. The molecule has 0 radical (unpaired) electrons. The minimum absolute atomic E-state index is 0.00926. The van der Waals surface area contributed by atoms with Crippen molar-refractivity contribution >= 4 is 17.2 Å². The van der Waals surface area contributed by atoms with Crippen LogP contribution in [0.2, 0.25) is 0 Å². The lowest BCUT2D eigenvalue weighted by Gasteiger charge is -2.28. The Hall–Kier alpha value is -0.190. The molecule has 1 fully saturated rings. The Labute approximate surface area is 66.0 Å². The van der Waals surface area contributed by atoms with E-state index in [0.717, 1.165) is 26.2 Å². The van der Waals surface area contributed by atoms with Crippen molar-refractivity contribution in [3.63, 3.8) is 0 Å². The predicted octanol–water partition coefficient (Wildman–Crippen LogP) is -0.789. The third-order valence-corrected chi connectivity index (χ3v) is 1.99. The van der Waals surface area contributed by atoms with Gasteiger partial charge in [0.1, 0.15) is 4.99 Å². The second-order valence-corrected chi connectivity index (χ2v) is 2.76. The van der Waals surface area contributed by atoms with E-state index in [1.165, 1.54) is 0 Å². The number of nitrogens with one attached hydrogen (secondary N) is 1. The lowest BCUT2D eigenvalue weighted by atomic mass is 10.4. The van der Waals surface area contributed by atoms with Gasteiger partial charge in [0.25, 0.3) is 0 Å². The van der Waals surface area contributed by atoms with Gasteiger partial charge in [-0.2, -0.15) is 0 Å². The molecule has 0 amide bonds. The number of thiocarbonyl (C=S) groups is 1. The SMILES string of the molecule is OCC(=S)N1CCNCC1. The van der Waals surface area contributed by atoms with Gasteiger partial charge < -0.3 is 15.3 Å². The fourth-order valence-electron chi connectivity index (χ4n) is 1.01. The maximum Gasteiger partial charge on any atom is 0.104 e. The number of aliphatic hydroxyl groups is 1. The van der Waals surface area contributed by atoms with E-state index in [4.69, 9.17) is 17.3 Å². The monoisotopic (exact) mass is 160 g/mol. The molecule has 0 aromatic rings. The number of piperazine rings is 1. The zero-order chi connectivity index (χ0) is 7.40. The highest BCUT2D eigenvalue weighted by Gasteiger charge is 2.10. The lowest BCUT2D eigenvalue weighted by Crippen LogP contribution is -2.46. The summed E-state index contributed by atoms with van der Waals surface area (Å²) in [7, 11) is 0. The summed E-state index contributed by atoms with van der Waals surface area (Å²) in [5, 5.41) is 11.9. The zero-order valence-electron chi connectivity index (χ0n) is 5.84. The molecule has 0 bridgehead atoms. The maximum atomic E-state index is 8.68. The molecule has 0 unspecified atom stereocenters. The normalized spacial score (nSPS) is 19.1. The van der Waals surface area contributed by atoms with Crippen molar-refractivity contribution in [3.05, 3.63) is 0 Å². The molecule has 3 nitrogen and oxygen atoms in total. The fourth-order valence-corrected chi connectivity index (χ4v) is 1.20. The van der Waals surface area contributed by atoms with Crippen LogP contribution in [0.15, 0.2) is 0 Å². The number of hydrogen-bond donors (Lipinski definition) is 2. The summed E-state index contributed by atoms with van der Waals surface area (Å²) in [5.74, 6) is 0. The number of aliphatic hydroxyl groups excluding tert-OH is 1. The van der Waals surface area contributed by atoms with Crippen LogP contribution in [0.5, 0.6) is 0 Å². The van der Waals surface area contributed by atoms with Gasteiger partial charge >= 0.3 is 0 Å². The largest absolute Gasteiger partial charge is 0.389 e. The van der Waals surface area contributed by atoms with Crippen LogP contribution >= 0.6 is 12.2 Å². The minimum atomic E-state index is 0.00926. The highest BCUT2D eigenvalue weighted by molar-refractivity contribution is 7.80. The van der Waals surface area contributed by atoms with Crippen molar-refractivity contribution in [2.24, 2.45) is 0 Å². The molecule has 1 rings (SSSR count). The van der Waals surface area contributed by atoms with E-state index in [0.29, 0.717) is 4.99 Å². The summed E-state index contributed by atoms with van der Waals surface area (Å²) in [4.78, 5) is 2.70. The Morgan fingerprint density at radius 3 is 2.60 bits per heavy atom. The van der Waals surface area contributed by atoms with Crippen molar-refractivity contribution in [3.8, 4) is 0 Å². The molecule has 1 saturated heterocycles. The quantitative estimate of drug-likeness (QED) is 0.493. The van der Waals surface area contributed by atoms with Gasteiger partial charge in [0.2, 0.25) is 0 Å². The zero-order valence-corrected chi connectivity index (χ0v) is 6.65. The molecule has 10 heavy (non-hydrogen) atoms. The van der Waals surface area contributed by atoms with E-state index in [-0.39, 0.29) is 6.61 Å². The summed E-state index contributed by atoms with van der Waals surface area (Å²) in [6.45, 7) is 3.81. The summed E-state index contributed by atoms with van der Waals surface area (Å²) >= 11 is 4.92. The van der Waals surface area contributed by atoms with E-state index in [9.17, 15) is 0 Å². The smallest absolute Gasteiger partial charge is 0.104 e. The van der Waals surface area contributed by atoms with E-state index in [1.807, 2.05) is 4.90 Å². The lowest BCUT2D eigenvalue weighted by molar-refractivity contribution is 0.306. The van der Waals surface area contributed by atoms with Gasteiger partial charge in [0.15, 0.2) is 0 Å². The van der Waals surface area contributed by atoms with Crippen LogP contribution in [0.4, 0.5) is 0 Å².